The van der Waals surface area contributed by atoms with Crippen molar-refractivity contribution in [3.8, 4) is 11.5 Å². The Morgan fingerprint density at radius 1 is 1.14 bits per heavy atom. The van der Waals surface area contributed by atoms with Crippen LogP contribution in [-0.2, 0) is 4.79 Å². The zero-order valence-electron chi connectivity index (χ0n) is 16.7. The van der Waals surface area contributed by atoms with Crippen LogP contribution in [0.25, 0.3) is 6.08 Å². The molecule has 0 bridgehead atoms. The summed E-state index contributed by atoms with van der Waals surface area (Å²) in [6.07, 6.45) is 6.46. The van der Waals surface area contributed by atoms with Gasteiger partial charge >= 0.3 is 0 Å². The van der Waals surface area contributed by atoms with E-state index in [1.54, 1.807) is 42.7 Å². The monoisotopic (exact) mass is 398 g/mol. The average Bonchev–Trinajstić information content (AvgIpc) is 3.29. The van der Waals surface area contributed by atoms with Gasteiger partial charge in [0, 0.05) is 25.7 Å². The van der Waals surface area contributed by atoms with Gasteiger partial charge in [-0.2, -0.15) is 0 Å². The van der Waals surface area contributed by atoms with Gasteiger partial charge in [0.25, 0.3) is 5.91 Å². The molecule has 7 heteroatoms. The van der Waals surface area contributed by atoms with E-state index in [0.717, 1.165) is 12.8 Å². The summed E-state index contributed by atoms with van der Waals surface area (Å²) in [5.41, 5.74) is 0.396. The average molecular weight is 398 g/mol. The number of carbonyl (C=O) groups excluding carboxylic acids is 2. The molecule has 0 spiro atoms. The summed E-state index contributed by atoms with van der Waals surface area (Å²) >= 11 is 0. The normalized spacial score (nSPS) is 14.8. The van der Waals surface area contributed by atoms with Crippen molar-refractivity contribution in [2.75, 3.05) is 33.9 Å². The molecule has 1 fully saturated rings. The van der Waals surface area contributed by atoms with Crippen LogP contribution < -0.4 is 14.8 Å². The molecule has 1 aromatic heterocycles. The number of benzene rings is 1. The standard InChI is InChI=1S/C22H26N2O5/c1-27-18-6-3-7-19(28-2)21(18)22(26)23-15-16-10-12-24(13-11-16)20(25)9-8-17-5-4-14-29-17/h3-9,14,16H,10-13,15H2,1-2H3,(H,23,26)/b9-8+. The molecule has 7 nitrogen and oxygen atoms in total. The molecule has 0 atom stereocenters. The highest BCUT2D eigenvalue weighted by Gasteiger charge is 2.23. The van der Waals surface area contributed by atoms with E-state index in [9.17, 15) is 9.59 Å². The Morgan fingerprint density at radius 3 is 2.41 bits per heavy atom. The molecule has 1 aliphatic heterocycles. The van der Waals surface area contributed by atoms with Gasteiger partial charge in [0.2, 0.25) is 5.91 Å². The number of nitrogens with one attached hydrogen (secondary N) is 1. The van der Waals surface area contributed by atoms with Crippen LogP contribution >= 0.6 is 0 Å². The SMILES string of the molecule is COc1cccc(OC)c1C(=O)NCC1CCN(C(=O)/C=C/c2ccco2)CC1. The van der Waals surface area contributed by atoms with Gasteiger partial charge in [-0.15, -0.1) is 0 Å². The molecular weight excluding hydrogens is 372 g/mol. The lowest BCUT2D eigenvalue weighted by molar-refractivity contribution is -0.127. The Morgan fingerprint density at radius 2 is 1.83 bits per heavy atom. The molecule has 29 heavy (non-hydrogen) atoms. The lowest BCUT2D eigenvalue weighted by Crippen LogP contribution is -2.41. The Labute approximate surface area is 170 Å². The smallest absolute Gasteiger partial charge is 0.258 e. The van der Waals surface area contributed by atoms with E-state index in [2.05, 4.69) is 5.32 Å². The summed E-state index contributed by atoms with van der Waals surface area (Å²) in [5, 5.41) is 2.98. The van der Waals surface area contributed by atoms with Crippen LogP contribution in [0.3, 0.4) is 0 Å². The second-order valence-corrected chi connectivity index (χ2v) is 6.86. The maximum Gasteiger partial charge on any atom is 0.258 e. The van der Waals surface area contributed by atoms with Crippen LogP contribution in [0.1, 0.15) is 29.0 Å². The summed E-state index contributed by atoms with van der Waals surface area (Å²) in [6, 6.07) is 8.83. The summed E-state index contributed by atoms with van der Waals surface area (Å²) in [6.45, 7) is 1.88. The van der Waals surface area contributed by atoms with Gasteiger partial charge in [-0.25, -0.2) is 0 Å². The zero-order valence-corrected chi connectivity index (χ0v) is 16.7. The van der Waals surface area contributed by atoms with Crippen LogP contribution in [0.4, 0.5) is 0 Å². The number of hydrogen-bond donors (Lipinski definition) is 1. The molecule has 0 radical (unpaired) electrons. The zero-order chi connectivity index (χ0) is 20.6. The number of carbonyl (C=O) groups is 2. The summed E-state index contributed by atoms with van der Waals surface area (Å²) in [4.78, 5) is 26.8. The van der Waals surface area contributed by atoms with Crippen LogP contribution in [0.5, 0.6) is 11.5 Å². The van der Waals surface area contributed by atoms with Crippen molar-refractivity contribution >= 4 is 17.9 Å². The molecule has 0 saturated carbocycles. The molecule has 1 aromatic carbocycles. The van der Waals surface area contributed by atoms with Crippen molar-refractivity contribution < 1.29 is 23.5 Å². The predicted molar refractivity (Wildman–Crippen MR) is 109 cm³/mol. The van der Waals surface area contributed by atoms with Gasteiger partial charge in [-0.3, -0.25) is 9.59 Å². The molecule has 2 amide bonds. The fourth-order valence-electron chi connectivity index (χ4n) is 3.40. The first-order valence-electron chi connectivity index (χ1n) is 9.62. The molecule has 1 aliphatic rings. The number of amides is 2. The molecular formula is C22H26N2O5. The topological polar surface area (TPSA) is 81.0 Å². The minimum Gasteiger partial charge on any atom is -0.496 e. The van der Waals surface area contributed by atoms with Crippen molar-refractivity contribution in [1.29, 1.82) is 0 Å². The van der Waals surface area contributed by atoms with Crippen molar-refractivity contribution in [2.45, 2.75) is 12.8 Å². The number of rotatable bonds is 7. The third kappa shape index (κ3) is 5.19. The molecule has 3 rings (SSSR count). The van der Waals surface area contributed by atoms with Gasteiger partial charge < -0.3 is 24.1 Å². The van der Waals surface area contributed by atoms with Crippen LogP contribution in [0.2, 0.25) is 0 Å². The molecule has 0 unspecified atom stereocenters. The summed E-state index contributed by atoms with van der Waals surface area (Å²) in [7, 11) is 3.05. The van der Waals surface area contributed by atoms with Gasteiger partial charge in [-0.1, -0.05) is 6.07 Å². The molecule has 2 heterocycles. The highest BCUT2D eigenvalue weighted by atomic mass is 16.5. The fourth-order valence-corrected chi connectivity index (χ4v) is 3.40. The highest BCUT2D eigenvalue weighted by molar-refractivity contribution is 5.99. The van der Waals surface area contributed by atoms with Crippen molar-refractivity contribution in [3.05, 3.63) is 54.0 Å². The Bertz CT molecular complexity index is 830. The number of likely N-dealkylation sites (tertiary alicyclic amines) is 1. The molecule has 1 saturated heterocycles. The molecule has 0 aliphatic carbocycles. The van der Waals surface area contributed by atoms with Gasteiger partial charge in [-0.05, 0) is 49.1 Å². The second-order valence-electron chi connectivity index (χ2n) is 6.86. The maximum absolute atomic E-state index is 12.7. The Kier molecular flexibility index (Phi) is 6.94. The Balaban J connectivity index is 1.49. The predicted octanol–water partition coefficient (Wildman–Crippen LogP) is 2.98. The minimum absolute atomic E-state index is 0.0253. The van der Waals surface area contributed by atoms with E-state index in [1.165, 1.54) is 20.3 Å². The van der Waals surface area contributed by atoms with Crippen molar-refractivity contribution in [1.82, 2.24) is 10.2 Å². The number of furan rings is 1. The van der Waals surface area contributed by atoms with Gasteiger partial charge in [0.05, 0.1) is 20.5 Å². The third-order valence-electron chi connectivity index (χ3n) is 5.07. The summed E-state index contributed by atoms with van der Waals surface area (Å²) < 4.78 is 15.8. The highest BCUT2D eigenvalue weighted by Crippen LogP contribution is 2.28. The second kappa shape index (κ2) is 9.82. The minimum atomic E-state index is -0.223. The van der Waals surface area contributed by atoms with Crippen LogP contribution in [0, 0.1) is 5.92 Å². The number of ether oxygens (including phenoxy) is 2. The first-order valence-corrected chi connectivity index (χ1v) is 9.62. The Hall–Kier alpha value is -3.22. The fraction of sp³-hybridized carbons (Fsp3) is 0.364. The first-order chi connectivity index (χ1) is 14.1. The number of hydrogen-bond acceptors (Lipinski definition) is 5. The molecule has 154 valence electrons. The molecule has 1 N–H and O–H groups in total. The van der Waals surface area contributed by atoms with E-state index in [0.29, 0.717) is 48.4 Å². The van der Waals surface area contributed by atoms with E-state index >= 15 is 0 Å². The van der Waals surface area contributed by atoms with E-state index in [1.807, 2.05) is 4.90 Å². The van der Waals surface area contributed by atoms with Crippen LogP contribution in [0.15, 0.2) is 47.1 Å². The summed E-state index contributed by atoms with van der Waals surface area (Å²) in [5.74, 6) is 1.68. The van der Waals surface area contributed by atoms with E-state index in [-0.39, 0.29) is 11.8 Å². The molecule has 2 aromatic rings. The van der Waals surface area contributed by atoms with Gasteiger partial charge in [0.15, 0.2) is 0 Å². The largest absolute Gasteiger partial charge is 0.496 e. The number of piperidine rings is 1. The third-order valence-corrected chi connectivity index (χ3v) is 5.07. The lowest BCUT2D eigenvalue weighted by Gasteiger charge is -2.31. The van der Waals surface area contributed by atoms with Gasteiger partial charge in [0.1, 0.15) is 22.8 Å². The number of methoxy groups -OCH3 is 2. The first kappa shape index (κ1) is 20.5. The quantitative estimate of drug-likeness (QED) is 0.725. The van der Waals surface area contributed by atoms with E-state index in [4.69, 9.17) is 13.9 Å². The number of nitrogens with zero attached hydrogens (tertiary/aromatic N) is 1. The van der Waals surface area contributed by atoms with E-state index < -0.39 is 0 Å². The van der Waals surface area contributed by atoms with Crippen molar-refractivity contribution in [2.24, 2.45) is 5.92 Å². The maximum atomic E-state index is 12.7. The van der Waals surface area contributed by atoms with Crippen molar-refractivity contribution in [3.63, 3.8) is 0 Å². The van der Waals surface area contributed by atoms with Crippen LogP contribution in [-0.4, -0.2) is 50.6 Å². The lowest BCUT2D eigenvalue weighted by atomic mass is 9.96.